The van der Waals surface area contributed by atoms with Crippen LogP contribution in [0, 0.1) is 6.92 Å². The van der Waals surface area contributed by atoms with Crippen LogP contribution < -0.4 is 5.73 Å². The molecular formula is C13H16N2OS. The van der Waals surface area contributed by atoms with Gasteiger partial charge in [-0.05, 0) is 31.9 Å². The van der Waals surface area contributed by atoms with Gasteiger partial charge < -0.3 is 10.6 Å². The lowest BCUT2D eigenvalue weighted by atomic mass is 10.1. The molecule has 17 heavy (non-hydrogen) atoms. The Kier molecular flexibility index (Phi) is 3.43. The van der Waals surface area contributed by atoms with Crippen molar-refractivity contribution in [2.45, 2.75) is 25.8 Å². The molecule has 1 atom stereocenters. The molecule has 90 valence electrons. The number of hydrogen-bond acceptors (Lipinski definition) is 2. The van der Waals surface area contributed by atoms with Crippen molar-refractivity contribution in [3.05, 3.63) is 35.4 Å². The van der Waals surface area contributed by atoms with Crippen LogP contribution in [0.25, 0.3) is 0 Å². The number of amides is 1. The van der Waals surface area contributed by atoms with E-state index in [2.05, 4.69) is 0 Å². The average Bonchev–Trinajstić information content (AvgIpc) is 2.77. The summed E-state index contributed by atoms with van der Waals surface area (Å²) in [5.41, 5.74) is 7.47. The van der Waals surface area contributed by atoms with Gasteiger partial charge in [-0.2, -0.15) is 0 Å². The number of thiocarbonyl (C=S) groups is 1. The van der Waals surface area contributed by atoms with Crippen LogP contribution in [0.3, 0.4) is 0 Å². The van der Waals surface area contributed by atoms with Crippen molar-refractivity contribution in [2.24, 2.45) is 5.73 Å². The van der Waals surface area contributed by atoms with Crippen LogP contribution in [0.1, 0.15) is 28.8 Å². The largest absolute Gasteiger partial charge is 0.392 e. The maximum absolute atomic E-state index is 12.3. The minimum atomic E-state index is -0.0713. The Bertz CT molecular complexity index is 458. The number of benzene rings is 1. The second-order valence-electron chi connectivity index (χ2n) is 4.43. The van der Waals surface area contributed by atoms with Gasteiger partial charge in [-0.25, -0.2) is 0 Å². The van der Waals surface area contributed by atoms with Crippen LogP contribution in [0.15, 0.2) is 24.3 Å². The molecule has 2 rings (SSSR count). The van der Waals surface area contributed by atoms with E-state index in [1.54, 1.807) is 4.90 Å². The van der Waals surface area contributed by atoms with E-state index < -0.39 is 0 Å². The zero-order chi connectivity index (χ0) is 12.4. The van der Waals surface area contributed by atoms with Crippen molar-refractivity contribution in [1.82, 2.24) is 4.90 Å². The summed E-state index contributed by atoms with van der Waals surface area (Å²) in [6.45, 7) is 2.72. The zero-order valence-corrected chi connectivity index (χ0v) is 10.7. The fourth-order valence-corrected chi connectivity index (χ4v) is 2.49. The van der Waals surface area contributed by atoms with Crippen molar-refractivity contribution in [2.75, 3.05) is 6.54 Å². The van der Waals surface area contributed by atoms with E-state index in [0.717, 1.165) is 24.9 Å². The topological polar surface area (TPSA) is 46.3 Å². The molecule has 0 aliphatic carbocycles. The van der Waals surface area contributed by atoms with Gasteiger partial charge >= 0.3 is 0 Å². The highest BCUT2D eigenvalue weighted by Gasteiger charge is 2.31. The number of nitrogens with two attached hydrogens (primary N) is 1. The van der Waals surface area contributed by atoms with Gasteiger partial charge in [-0.15, -0.1) is 0 Å². The summed E-state index contributed by atoms with van der Waals surface area (Å²) in [4.78, 5) is 14.5. The highest BCUT2D eigenvalue weighted by atomic mass is 32.1. The molecular weight excluding hydrogens is 232 g/mol. The van der Waals surface area contributed by atoms with Crippen LogP contribution in [0.2, 0.25) is 0 Å². The third-order valence-electron chi connectivity index (χ3n) is 3.11. The van der Waals surface area contributed by atoms with E-state index in [1.165, 1.54) is 0 Å². The third-order valence-corrected chi connectivity index (χ3v) is 3.38. The van der Waals surface area contributed by atoms with E-state index in [9.17, 15) is 4.79 Å². The molecule has 2 N–H and O–H groups in total. The van der Waals surface area contributed by atoms with E-state index >= 15 is 0 Å². The minimum Gasteiger partial charge on any atom is -0.392 e. The lowest BCUT2D eigenvalue weighted by molar-refractivity contribution is 0.0770. The van der Waals surface area contributed by atoms with Crippen LogP contribution in [0.4, 0.5) is 0 Å². The molecule has 1 unspecified atom stereocenters. The van der Waals surface area contributed by atoms with Crippen molar-refractivity contribution in [1.29, 1.82) is 0 Å². The maximum atomic E-state index is 12.3. The van der Waals surface area contributed by atoms with Gasteiger partial charge in [0.15, 0.2) is 0 Å². The van der Waals surface area contributed by atoms with Gasteiger partial charge in [0.05, 0.1) is 11.0 Å². The number of carbonyl (C=O) groups is 1. The van der Waals surface area contributed by atoms with Gasteiger partial charge in [0.1, 0.15) is 0 Å². The number of rotatable bonds is 2. The predicted octanol–water partition coefficient (Wildman–Crippen LogP) is 1.89. The van der Waals surface area contributed by atoms with Crippen LogP contribution in [-0.4, -0.2) is 28.4 Å². The van der Waals surface area contributed by atoms with Crippen LogP contribution in [-0.2, 0) is 0 Å². The molecule has 0 saturated carbocycles. The van der Waals surface area contributed by atoms with E-state index in [-0.39, 0.29) is 11.9 Å². The quantitative estimate of drug-likeness (QED) is 0.813. The summed E-state index contributed by atoms with van der Waals surface area (Å²) in [7, 11) is 0. The molecule has 1 fully saturated rings. The number of nitrogens with zero attached hydrogens (tertiary/aromatic N) is 1. The predicted molar refractivity (Wildman–Crippen MR) is 72.0 cm³/mol. The van der Waals surface area contributed by atoms with E-state index in [0.29, 0.717) is 10.6 Å². The summed E-state index contributed by atoms with van der Waals surface area (Å²) in [5.74, 6) is 0.0315. The van der Waals surface area contributed by atoms with Crippen molar-refractivity contribution >= 4 is 23.1 Å². The minimum absolute atomic E-state index is 0.0315. The number of hydrogen-bond donors (Lipinski definition) is 1. The molecule has 0 spiro atoms. The second kappa shape index (κ2) is 4.84. The van der Waals surface area contributed by atoms with Crippen LogP contribution in [0.5, 0.6) is 0 Å². The Morgan fingerprint density at radius 2 is 2.29 bits per heavy atom. The average molecular weight is 248 g/mol. The standard InChI is InChI=1S/C13H16N2OS/c1-9-4-2-5-10(8-9)13(16)15-7-3-6-11(15)12(14)17/h2,4-5,8,11H,3,6-7H2,1H3,(H2,14,17). The number of carbonyl (C=O) groups excluding carboxylic acids is 1. The first-order chi connectivity index (χ1) is 8.09. The molecule has 4 heteroatoms. The Balaban J connectivity index is 2.23. The summed E-state index contributed by atoms with van der Waals surface area (Å²) in [5, 5.41) is 0. The van der Waals surface area contributed by atoms with Gasteiger partial charge in [0, 0.05) is 12.1 Å². The molecule has 1 aromatic rings. The van der Waals surface area contributed by atoms with Crippen molar-refractivity contribution in [3.63, 3.8) is 0 Å². The third kappa shape index (κ3) is 2.47. The molecule has 0 bridgehead atoms. The maximum Gasteiger partial charge on any atom is 0.254 e. The van der Waals surface area contributed by atoms with Gasteiger partial charge in [0.2, 0.25) is 0 Å². The Labute approximate surface area is 107 Å². The number of likely N-dealkylation sites (tertiary alicyclic amines) is 1. The molecule has 1 aliphatic rings. The number of aryl methyl sites for hydroxylation is 1. The highest BCUT2D eigenvalue weighted by molar-refractivity contribution is 7.80. The molecule has 1 amide bonds. The summed E-state index contributed by atoms with van der Waals surface area (Å²) >= 11 is 5.01. The van der Waals surface area contributed by atoms with E-state index in [4.69, 9.17) is 18.0 Å². The van der Waals surface area contributed by atoms with E-state index in [1.807, 2.05) is 31.2 Å². The van der Waals surface area contributed by atoms with Gasteiger partial charge in [-0.3, -0.25) is 4.79 Å². The first-order valence-corrected chi connectivity index (χ1v) is 6.17. The first-order valence-electron chi connectivity index (χ1n) is 5.76. The normalized spacial score (nSPS) is 19.4. The Morgan fingerprint density at radius 3 is 2.94 bits per heavy atom. The fraction of sp³-hybridized carbons (Fsp3) is 0.385. The Hall–Kier alpha value is -1.42. The first kappa shape index (κ1) is 12.0. The zero-order valence-electron chi connectivity index (χ0n) is 9.85. The van der Waals surface area contributed by atoms with Gasteiger partial charge in [0.25, 0.3) is 5.91 Å². The van der Waals surface area contributed by atoms with Crippen molar-refractivity contribution < 1.29 is 4.79 Å². The second-order valence-corrected chi connectivity index (χ2v) is 4.90. The fourth-order valence-electron chi connectivity index (χ4n) is 2.25. The monoisotopic (exact) mass is 248 g/mol. The van der Waals surface area contributed by atoms with Crippen LogP contribution >= 0.6 is 12.2 Å². The lowest BCUT2D eigenvalue weighted by Gasteiger charge is -2.23. The molecule has 3 nitrogen and oxygen atoms in total. The molecule has 1 aliphatic heterocycles. The summed E-state index contributed by atoms with van der Waals surface area (Å²) < 4.78 is 0. The summed E-state index contributed by atoms with van der Waals surface area (Å²) in [6, 6.07) is 7.54. The molecule has 1 saturated heterocycles. The van der Waals surface area contributed by atoms with Gasteiger partial charge in [-0.1, -0.05) is 29.9 Å². The molecule has 0 aromatic heterocycles. The molecule has 0 radical (unpaired) electrons. The van der Waals surface area contributed by atoms with Crippen molar-refractivity contribution in [3.8, 4) is 0 Å². The highest BCUT2D eigenvalue weighted by Crippen LogP contribution is 2.20. The SMILES string of the molecule is Cc1cccc(C(=O)N2CCCC2C(N)=S)c1. The Morgan fingerprint density at radius 1 is 1.53 bits per heavy atom. The smallest absolute Gasteiger partial charge is 0.254 e. The summed E-state index contributed by atoms with van der Waals surface area (Å²) in [6.07, 6.45) is 1.85. The molecule has 1 heterocycles. The lowest BCUT2D eigenvalue weighted by Crippen LogP contribution is -2.42. The molecule has 1 aromatic carbocycles.